The average Bonchev–Trinajstić information content (AvgIpc) is 3.21. The Morgan fingerprint density at radius 1 is 1.21 bits per heavy atom. The van der Waals surface area contributed by atoms with E-state index in [1.54, 1.807) is 23.6 Å². The van der Waals surface area contributed by atoms with Gasteiger partial charge >= 0.3 is 11.7 Å². The summed E-state index contributed by atoms with van der Waals surface area (Å²) in [5, 5.41) is 3.29. The van der Waals surface area contributed by atoms with Crippen molar-refractivity contribution in [1.82, 2.24) is 24.2 Å². The quantitative estimate of drug-likeness (QED) is 0.530. The van der Waals surface area contributed by atoms with E-state index in [4.69, 9.17) is 4.84 Å². The molecule has 1 aliphatic rings. The van der Waals surface area contributed by atoms with Gasteiger partial charge in [-0.05, 0) is 25.0 Å². The maximum Gasteiger partial charge on any atom is 0.371 e. The molecule has 0 saturated carbocycles. The van der Waals surface area contributed by atoms with E-state index in [2.05, 4.69) is 22.1 Å². The van der Waals surface area contributed by atoms with Crippen LogP contribution in [0.15, 0.2) is 33.9 Å². The fourth-order valence-corrected chi connectivity index (χ4v) is 4.02. The fraction of sp³-hybridized carbons (Fsp3) is 0.391. The predicted molar refractivity (Wildman–Crippen MR) is 132 cm³/mol. The number of hydrogen-bond donors (Lipinski definition) is 1. The van der Waals surface area contributed by atoms with Crippen LogP contribution in [0.5, 0.6) is 0 Å². The van der Waals surface area contributed by atoms with Gasteiger partial charge in [0.25, 0.3) is 5.56 Å². The molecule has 0 aliphatic carbocycles. The van der Waals surface area contributed by atoms with Crippen LogP contribution < -0.4 is 26.3 Å². The molecule has 1 aliphatic heterocycles. The van der Waals surface area contributed by atoms with Crippen LogP contribution in [0.25, 0.3) is 16.9 Å². The van der Waals surface area contributed by atoms with Crippen molar-refractivity contribution in [1.29, 1.82) is 0 Å². The van der Waals surface area contributed by atoms with Crippen molar-refractivity contribution in [2.75, 3.05) is 31.1 Å². The smallest absolute Gasteiger partial charge is 0.340 e. The molecule has 2 aromatic heterocycles. The highest BCUT2D eigenvalue weighted by molar-refractivity contribution is 5.85. The number of halogens is 1. The van der Waals surface area contributed by atoms with Crippen LogP contribution in [0.2, 0.25) is 0 Å². The van der Waals surface area contributed by atoms with Crippen LogP contribution in [0.4, 0.5) is 5.95 Å². The third-order valence-corrected chi connectivity index (χ3v) is 5.54. The first-order chi connectivity index (χ1) is 16.0. The molecule has 0 amide bonds. The maximum absolute atomic E-state index is 13.8. The van der Waals surface area contributed by atoms with Crippen molar-refractivity contribution >= 4 is 35.5 Å². The van der Waals surface area contributed by atoms with E-state index in [1.807, 2.05) is 24.0 Å². The maximum atomic E-state index is 13.8. The summed E-state index contributed by atoms with van der Waals surface area (Å²) in [5.74, 6) is 5.66. The molecule has 1 fully saturated rings. The number of imidazole rings is 1. The first kappa shape index (κ1) is 25.1. The Balaban J connectivity index is 0.00000324. The molecule has 0 bridgehead atoms. The largest absolute Gasteiger partial charge is 0.371 e. The van der Waals surface area contributed by atoms with Gasteiger partial charge in [0.1, 0.15) is 0 Å². The second kappa shape index (κ2) is 10.6. The monoisotopic (exact) mass is 486 g/mol. The first-order valence-corrected chi connectivity index (χ1v) is 10.9. The van der Waals surface area contributed by atoms with E-state index in [1.165, 1.54) is 6.92 Å². The average molecular weight is 487 g/mol. The normalized spacial score (nSPS) is 13.2. The minimum Gasteiger partial charge on any atom is -0.340 e. The van der Waals surface area contributed by atoms with Crippen LogP contribution in [0.3, 0.4) is 0 Å². The summed E-state index contributed by atoms with van der Waals surface area (Å²) < 4.78 is 3.56. The second-order valence-electron chi connectivity index (χ2n) is 7.62. The highest BCUT2D eigenvalue weighted by atomic mass is 35.5. The van der Waals surface area contributed by atoms with Gasteiger partial charge in [-0.2, -0.15) is 4.98 Å². The van der Waals surface area contributed by atoms with Crippen LogP contribution in [-0.2, 0) is 17.8 Å². The summed E-state index contributed by atoms with van der Waals surface area (Å²) in [6.45, 7) is 7.92. The molecule has 10 nitrogen and oxygen atoms in total. The number of fused-ring (bicyclic) bond motifs is 1. The van der Waals surface area contributed by atoms with Crippen molar-refractivity contribution in [2.45, 2.75) is 33.7 Å². The number of piperazine rings is 1. The lowest BCUT2D eigenvalue weighted by atomic mass is 10.1. The summed E-state index contributed by atoms with van der Waals surface area (Å²) in [5.41, 5.74) is 0.0747. The number of carbonyl (C=O) groups excluding carboxylic acids is 1. The van der Waals surface area contributed by atoms with Crippen molar-refractivity contribution in [3.05, 3.63) is 50.7 Å². The molecular formula is C23H27ClN6O4. The number of para-hydroxylation sites is 1. The third kappa shape index (κ3) is 4.44. The van der Waals surface area contributed by atoms with Crippen molar-refractivity contribution < 1.29 is 9.63 Å². The number of hydrogen-bond acceptors (Lipinski definition) is 7. The number of aryl methyl sites for hydroxylation is 1. The van der Waals surface area contributed by atoms with Crippen molar-refractivity contribution in [3.8, 4) is 17.5 Å². The first-order valence-electron chi connectivity index (χ1n) is 10.9. The molecule has 1 aromatic carbocycles. The molecule has 4 rings (SSSR count). The van der Waals surface area contributed by atoms with Crippen LogP contribution in [0, 0.1) is 11.8 Å². The van der Waals surface area contributed by atoms with Gasteiger partial charge in [0.15, 0.2) is 5.52 Å². The molecule has 180 valence electrons. The van der Waals surface area contributed by atoms with E-state index in [0.29, 0.717) is 31.1 Å². The van der Waals surface area contributed by atoms with Gasteiger partial charge in [0.05, 0.1) is 12.2 Å². The Labute approximate surface area is 202 Å². The summed E-state index contributed by atoms with van der Waals surface area (Å²) in [4.78, 5) is 51.1. The Bertz CT molecular complexity index is 1390. The molecule has 1 N–H and O–H groups in total. The highest BCUT2D eigenvalue weighted by Crippen LogP contribution is 2.21. The molecule has 0 spiro atoms. The summed E-state index contributed by atoms with van der Waals surface area (Å²) in [6, 6.07) is 7.16. The zero-order chi connectivity index (χ0) is 23.5. The van der Waals surface area contributed by atoms with Gasteiger partial charge in [0, 0.05) is 33.1 Å². The van der Waals surface area contributed by atoms with E-state index in [9.17, 15) is 14.4 Å². The van der Waals surface area contributed by atoms with Crippen LogP contribution >= 0.6 is 12.4 Å². The molecule has 3 aromatic rings. The zero-order valence-electron chi connectivity index (χ0n) is 19.3. The SMILES string of the molecule is CC#CCn1c(N2CCNCC2)nc2c1c(=O)n(-c1ccccc1CC)c(=O)n2OC(C)=O.Cl. The van der Waals surface area contributed by atoms with Gasteiger partial charge in [0.2, 0.25) is 11.6 Å². The number of nitrogens with zero attached hydrogens (tertiary/aromatic N) is 5. The lowest BCUT2D eigenvalue weighted by Gasteiger charge is -2.28. The Morgan fingerprint density at radius 2 is 1.91 bits per heavy atom. The van der Waals surface area contributed by atoms with Gasteiger partial charge in [-0.15, -0.1) is 18.3 Å². The van der Waals surface area contributed by atoms with Crippen LogP contribution in [0.1, 0.15) is 26.3 Å². The van der Waals surface area contributed by atoms with Gasteiger partial charge in [-0.25, -0.2) is 14.2 Å². The van der Waals surface area contributed by atoms with Crippen molar-refractivity contribution in [3.63, 3.8) is 0 Å². The number of aromatic nitrogens is 4. The fourth-order valence-electron chi connectivity index (χ4n) is 4.02. The Morgan fingerprint density at radius 3 is 2.56 bits per heavy atom. The minimum atomic E-state index is -0.790. The number of rotatable bonds is 5. The summed E-state index contributed by atoms with van der Waals surface area (Å²) in [6.07, 6.45) is 0.611. The van der Waals surface area contributed by atoms with E-state index in [-0.39, 0.29) is 30.1 Å². The second-order valence-corrected chi connectivity index (χ2v) is 7.62. The number of carbonyl (C=O) groups is 1. The third-order valence-electron chi connectivity index (χ3n) is 5.54. The number of nitrogens with one attached hydrogen (secondary N) is 1. The zero-order valence-corrected chi connectivity index (χ0v) is 20.1. The molecule has 0 unspecified atom stereocenters. The van der Waals surface area contributed by atoms with Gasteiger partial charge in [-0.1, -0.05) is 35.8 Å². The molecule has 0 radical (unpaired) electrons. The molecule has 3 heterocycles. The minimum absolute atomic E-state index is 0. The Kier molecular flexibility index (Phi) is 7.81. The lowest BCUT2D eigenvalue weighted by molar-refractivity contribution is -0.141. The molecule has 1 saturated heterocycles. The summed E-state index contributed by atoms with van der Waals surface area (Å²) in [7, 11) is 0. The van der Waals surface area contributed by atoms with Gasteiger partial charge < -0.3 is 15.1 Å². The van der Waals surface area contributed by atoms with E-state index in [0.717, 1.165) is 28.0 Å². The predicted octanol–water partition coefficient (Wildman–Crippen LogP) is 0.741. The summed E-state index contributed by atoms with van der Waals surface area (Å²) >= 11 is 0. The standard InChI is InChI=1S/C23H26N6O4.ClH/c1-4-6-13-27-19-20(25-22(27)26-14-11-24-12-15-26)29(33-16(3)30)23(32)28(21(19)31)18-10-8-7-9-17(18)5-2;/h7-10,24H,5,11-15H2,1-3H3;1H. The molecule has 34 heavy (non-hydrogen) atoms. The Hall–Kier alpha value is -3.55. The highest BCUT2D eigenvalue weighted by Gasteiger charge is 2.27. The molecule has 11 heteroatoms. The molecular weight excluding hydrogens is 460 g/mol. The van der Waals surface area contributed by atoms with Crippen LogP contribution in [-0.4, -0.2) is 51.0 Å². The van der Waals surface area contributed by atoms with E-state index < -0.39 is 17.2 Å². The molecule has 0 atom stereocenters. The number of benzene rings is 1. The van der Waals surface area contributed by atoms with Crippen molar-refractivity contribution in [2.24, 2.45) is 0 Å². The lowest BCUT2D eigenvalue weighted by Crippen LogP contribution is -2.44. The van der Waals surface area contributed by atoms with E-state index >= 15 is 0 Å². The topological polar surface area (TPSA) is 103 Å². The van der Waals surface area contributed by atoms with Gasteiger partial charge in [-0.3, -0.25) is 9.36 Å². The number of anilines is 1.